The van der Waals surface area contributed by atoms with E-state index in [0.29, 0.717) is 19.6 Å². The van der Waals surface area contributed by atoms with Gasteiger partial charge in [-0.2, -0.15) is 0 Å². The smallest absolute Gasteiger partial charge is 0.317 e. The molecular formula is C12H24N4O2. The van der Waals surface area contributed by atoms with Crippen LogP contribution in [0.25, 0.3) is 0 Å². The third-order valence-electron chi connectivity index (χ3n) is 3.02. The molecule has 0 saturated carbocycles. The van der Waals surface area contributed by atoms with Crippen molar-refractivity contribution in [3.63, 3.8) is 0 Å². The van der Waals surface area contributed by atoms with E-state index in [0.717, 1.165) is 19.4 Å². The summed E-state index contributed by atoms with van der Waals surface area (Å²) in [6.45, 7) is 4.45. The molecule has 104 valence electrons. The number of carbonyl (C=O) groups is 2. The van der Waals surface area contributed by atoms with Gasteiger partial charge in [-0.05, 0) is 26.9 Å². The number of likely N-dealkylation sites (tertiary alicyclic amines) is 1. The lowest BCUT2D eigenvalue weighted by Crippen LogP contribution is -2.49. The lowest BCUT2D eigenvalue weighted by atomic mass is 10.1. The monoisotopic (exact) mass is 256 g/mol. The van der Waals surface area contributed by atoms with Gasteiger partial charge in [-0.25, -0.2) is 4.79 Å². The van der Waals surface area contributed by atoms with Crippen molar-refractivity contribution in [2.75, 3.05) is 40.3 Å². The normalized spacial score (nSPS) is 16.8. The quantitative estimate of drug-likeness (QED) is 0.736. The van der Waals surface area contributed by atoms with Gasteiger partial charge in [0, 0.05) is 39.1 Å². The molecule has 0 spiro atoms. The molecule has 2 N–H and O–H groups in total. The van der Waals surface area contributed by atoms with Crippen molar-refractivity contribution in [3.05, 3.63) is 0 Å². The van der Waals surface area contributed by atoms with E-state index in [4.69, 9.17) is 0 Å². The maximum Gasteiger partial charge on any atom is 0.317 e. The number of likely N-dealkylation sites (N-methyl/N-ethyl adjacent to an activating group) is 1. The molecule has 3 amide bonds. The van der Waals surface area contributed by atoms with Crippen LogP contribution >= 0.6 is 0 Å². The van der Waals surface area contributed by atoms with Gasteiger partial charge >= 0.3 is 6.03 Å². The van der Waals surface area contributed by atoms with Crippen LogP contribution in [0.2, 0.25) is 0 Å². The van der Waals surface area contributed by atoms with Crippen LogP contribution in [0.1, 0.15) is 19.8 Å². The maximum absolute atomic E-state index is 11.8. The van der Waals surface area contributed by atoms with E-state index < -0.39 is 0 Å². The minimum absolute atomic E-state index is 0.00174. The molecule has 1 rings (SSSR count). The van der Waals surface area contributed by atoms with Crippen molar-refractivity contribution in [1.29, 1.82) is 0 Å². The molecule has 0 unspecified atom stereocenters. The predicted octanol–water partition coefficient (Wildman–Crippen LogP) is -0.142. The molecule has 1 fully saturated rings. The summed E-state index contributed by atoms with van der Waals surface area (Å²) in [6, 6.07) is 0.214. The second kappa shape index (κ2) is 7.20. The maximum atomic E-state index is 11.8. The average Bonchev–Trinajstić information content (AvgIpc) is 2.28. The van der Waals surface area contributed by atoms with E-state index in [1.54, 1.807) is 0 Å². The van der Waals surface area contributed by atoms with Gasteiger partial charge in [-0.15, -0.1) is 0 Å². The Labute approximate surface area is 109 Å². The third kappa shape index (κ3) is 5.35. The summed E-state index contributed by atoms with van der Waals surface area (Å²) >= 11 is 0. The van der Waals surface area contributed by atoms with E-state index >= 15 is 0 Å². The van der Waals surface area contributed by atoms with Crippen LogP contribution in [0, 0.1) is 0 Å². The molecule has 0 aliphatic carbocycles. The van der Waals surface area contributed by atoms with Crippen molar-refractivity contribution < 1.29 is 9.59 Å². The van der Waals surface area contributed by atoms with Crippen LogP contribution in [-0.2, 0) is 4.79 Å². The fraction of sp³-hybridized carbons (Fsp3) is 0.833. The molecule has 0 bridgehead atoms. The molecule has 0 aromatic carbocycles. The van der Waals surface area contributed by atoms with Crippen molar-refractivity contribution in [2.24, 2.45) is 0 Å². The van der Waals surface area contributed by atoms with Gasteiger partial charge in [0.2, 0.25) is 5.91 Å². The van der Waals surface area contributed by atoms with Crippen LogP contribution in [0.5, 0.6) is 0 Å². The Balaban J connectivity index is 2.21. The van der Waals surface area contributed by atoms with Gasteiger partial charge < -0.3 is 20.4 Å². The number of nitrogens with one attached hydrogen (secondary N) is 2. The number of hydrogen-bond donors (Lipinski definition) is 2. The first-order valence-electron chi connectivity index (χ1n) is 6.43. The first kappa shape index (κ1) is 14.8. The molecule has 1 saturated heterocycles. The van der Waals surface area contributed by atoms with Crippen LogP contribution in [0.15, 0.2) is 0 Å². The lowest BCUT2D eigenvalue weighted by molar-refractivity contribution is -0.119. The predicted molar refractivity (Wildman–Crippen MR) is 70.4 cm³/mol. The zero-order valence-electron chi connectivity index (χ0n) is 11.5. The highest BCUT2D eigenvalue weighted by Gasteiger charge is 2.22. The zero-order valence-corrected chi connectivity index (χ0v) is 11.5. The van der Waals surface area contributed by atoms with Crippen molar-refractivity contribution in [2.45, 2.75) is 25.8 Å². The van der Waals surface area contributed by atoms with Crippen molar-refractivity contribution in [1.82, 2.24) is 20.4 Å². The summed E-state index contributed by atoms with van der Waals surface area (Å²) in [6.07, 6.45) is 1.67. The molecule has 0 aromatic rings. The highest BCUT2D eigenvalue weighted by molar-refractivity contribution is 5.74. The van der Waals surface area contributed by atoms with Crippen molar-refractivity contribution >= 4 is 11.9 Å². The Kier molecular flexibility index (Phi) is 5.91. The first-order chi connectivity index (χ1) is 8.49. The summed E-state index contributed by atoms with van der Waals surface area (Å²) in [5.41, 5.74) is 0. The number of amides is 3. The summed E-state index contributed by atoms with van der Waals surface area (Å²) in [5, 5.41) is 5.79. The molecule has 18 heavy (non-hydrogen) atoms. The van der Waals surface area contributed by atoms with Gasteiger partial charge in [-0.1, -0.05) is 0 Å². The van der Waals surface area contributed by atoms with Crippen LogP contribution < -0.4 is 10.6 Å². The average molecular weight is 256 g/mol. The summed E-state index contributed by atoms with van der Waals surface area (Å²) < 4.78 is 0. The Morgan fingerprint density at radius 2 is 1.89 bits per heavy atom. The molecule has 1 heterocycles. The molecule has 0 radical (unpaired) electrons. The second-order valence-corrected chi connectivity index (χ2v) is 5.00. The molecule has 6 nitrogen and oxygen atoms in total. The van der Waals surface area contributed by atoms with Crippen molar-refractivity contribution in [3.8, 4) is 0 Å². The Hall–Kier alpha value is -1.30. The number of rotatable bonds is 4. The molecule has 6 heteroatoms. The van der Waals surface area contributed by atoms with Gasteiger partial charge in [0.15, 0.2) is 0 Å². The number of nitrogens with zero attached hydrogens (tertiary/aromatic N) is 2. The van der Waals surface area contributed by atoms with E-state index in [2.05, 4.69) is 10.6 Å². The standard InChI is InChI=1S/C12H24N4O2/c1-10(17)14-11-4-7-16(8-5-11)12(18)13-6-9-15(2)3/h11H,4-9H2,1-3H3,(H,13,18)(H,14,17). The van der Waals surface area contributed by atoms with E-state index in [1.165, 1.54) is 6.92 Å². The number of piperidine rings is 1. The van der Waals surface area contributed by atoms with E-state index in [9.17, 15) is 9.59 Å². The lowest BCUT2D eigenvalue weighted by Gasteiger charge is -2.32. The Bertz CT molecular complexity index is 286. The molecule has 1 aliphatic rings. The number of carbonyl (C=O) groups excluding carboxylic acids is 2. The number of urea groups is 1. The van der Waals surface area contributed by atoms with E-state index in [-0.39, 0.29) is 18.0 Å². The van der Waals surface area contributed by atoms with E-state index in [1.807, 2.05) is 23.9 Å². The fourth-order valence-corrected chi connectivity index (χ4v) is 2.01. The molecule has 0 atom stereocenters. The highest BCUT2D eigenvalue weighted by Crippen LogP contribution is 2.10. The first-order valence-corrected chi connectivity index (χ1v) is 6.43. The third-order valence-corrected chi connectivity index (χ3v) is 3.02. The van der Waals surface area contributed by atoms with Crippen LogP contribution in [0.4, 0.5) is 4.79 Å². The molecule has 1 aliphatic heterocycles. The molecular weight excluding hydrogens is 232 g/mol. The minimum atomic E-state index is -0.00174. The SMILES string of the molecule is CC(=O)NC1CCN(C(=O)NCCN(C)C)CC1. The highest BCUT2D eigenvalue weighted by atomic mass is 16.2. The van der Waals surface area contributed by atoms with Gasteiger partial charge in [-0.3, -0.25) is 4.79 Å². The van der Waals surface area contributed by atoms with Gasteiger partial charge in [0.25, 0.3) is 0 Å². The van der Waals surface area contributed by atoms with Crippen LogP contribution in [0.3, 0.4) is 0 Å². The Morgan fingerprint density at radius 3 is 2.39 bits per heavy atom. The number of hydrogen-bond acceptors (Lipinski definition) is 3. The summed E-state index contributed by atoms with van der Waals surface area (Å²) in [7, 11) is 3.95. The van der Waals surface area contributed by atoms with Crippen LogP contribution in [-0.4, -0.2) is 68.1 Å². The molecule has 0 aromatic heterocycles. The summed E-state index contributed by atoms with van der Waals surface area (Å²) in [4.78, 5) is 26.6. The Morgan fingerprint density at radius 1 is 1.28 bits per heavy atom. The second-order valence-electron chi connectivity index (χ2n) is 5.00. The largest absolute Gasteiger partial charge is 0.353 e. The summed E-state index contributed by atoms with van der Waals surface area (Å²) in [5.74, 6) is 0.00360. The minimum Gasteiger partial charge on any atom is -0.353 e. The zero-order chi connectivity index (χ0) is 13.5. The fourth-order valence-electron chi connectivity index (χ4n) is 2.01. The van der Waals surface area contributed by atoms with Gasteiger partial charge in [0.05, 0.1) is 0 Å². The topological polar surface area (TPSA) is 64.7 Å². The van der Waals surface area contributed by atoms with Gasteiger partial charge in [0.1, 0.15) is 0 Å².